The molecule has 1 heterocycles. The average molecular weight is 583 g/mol. The van der Waals surface area contributed by atoms with Crippen LogP contribution in [-0.4, -0.2) is 27.3 Å². The van der Waals surface area contributed by atoms with E-state index in [4.69, 9.17) is 74.0 Å². The van der Waals surface area contributed by atoms with E-state index in [0.29, 0.717) is 0 Å². The minimum atomic E-state index is -1.61. The lowest BCUT2D eigenvalue weighted by Crippen LogP contribution is -2.10. The molecule has 0 spiro atoms. The zero-order valence-corrected chi connectivity index (χ0v) is 20.5. The van der Waals surface area contributed by atoms with Crippen molar-refractivity contribution in [3.8, 4) is 28.2 Å². The zero-order chi connectivity index (χ0) is 25.2. The van der Waals surface area contributed by atoms with Crippen LogP contribution in [0.5, 0.6) is 5.75 Å². The monoisotopic (exact) mass is 580 g/mol. The van der Waals surface area contributed by atoms with E-state index in [1.165, 1.54) is 12.1 Å². The molecule has 13 heteroatoms. The van der Waals surface area contributed by atoms with E-state index in [-0.39, 0.29) is 53.5 Å². The standard InChI is InChI=1S/C21H6Cl6O7/c22-7-3-6(20(30)31)13(25)12(21(32)33)11(7)10-4-1-8(23)16(28)14(26)18(4)34-19-5(10)2-9(24)17(29)15(19)27/h1-3,28H,(H,30,31)(H,32,33). The number of hydrogen-bond acceptors (Lipinski definition) is 5. The first-order valence-electron chi connectivity index (χ1n) is 8.81. The Morgan fingerprint density at radius 3 is 2.00 bits per heavy atom. The predicted octanol–water partition coefficient (Wildman–Crippen LogP) is 7.59. The quantitative estimate of drug-likeness (QED) is 0.212. The second-order valence-corrected chi connectivity index (χ2v) is 9.19. The van der Waals surface area contributed by atoms with Gasteiger partial charge in [0.05, 0.1) is 31.2 Å². The summed E-state index contributed by atoms with van der Waals surface area (Å²) in [6.45, 7) is 0. The second-order valence-electron chi connectivity index (χ2n) is 6.83. The van der Waals surface area contributed by atoms with Gasteiger partial charge in [-0.05, 0) is 18.2 Å². The van der Waals surface area contributed by atoms with E-state index in [9.17, 15) is 29.7 Å². The average Bonchev–Trinajstić information content (AvgIpc) is 2.76. The van der Waals surface area contributed by atoms with Gasteiger partial charge in [0.2, 0.25) is 5.43 Å². The van der Waals surface area contributed by atoms with Crippen molar-refractivity contribution in [1.29, 1.82) is 0 Å². The van der Waals surface area contributed by atoms with Crippen LogP contribution >= 0.6 is 69.6 Å². The fraction of sp³-hybridized carbons (Fsp3) is 0. The molecule has 2 aromatic rings. The second kappa shape index (κ2) is 8.68. The number of benzene rings is 3. The third-order valence-electron chi connectivity index (χ3n) is 4.93. The molecule has 0 bridgehead atoms. The molecular weight excluding hydrogens is 577 g/mol. The Labute approximate surface area is 218 Å². The molecule has 4 rings (SSSR count). The van der Waals surface area contributed by atoms with E-state index in [2.05, 4.69) is 0 Å². The Balaban J connectivity index is 2.39. The van der Waals surface area contributed by atoms with Crippen molar-refractivity contribution in [1.82, 2.24) is 0 Å². The van der Waals surface area contributed by atoms with Crippen LogP contribution in [0.3, 0.4) is 0 Å². The molecule has 0 unspecified atom stereocenters. The van der Waals surface area contributed by atoms with Crippen molar-refractivity contribution < 1.29 is 29.3 Å². The summed E-state index contributed by atoms with van der Waals surface area (Å²) in [5.74, 6) is -3.94. The largest absolute Gasteiger partial charge is 0.505 e. The highest BCUT2D eigenvalue weighted by Gasteiger charge is 2.32. The molecule has 174 valence electrons. The van der Waals surface area contributed by atoms with Crippen molar-refractivity contribution in [2.24, 2.45) is 0 Å². The molecule has 0 saturated carbocycles. The molecule has 0 amide bonds. The van der Waals surface area contributed by atoms with Crippen LogP contribution in [0.1, 0.15) is 20.7 Å². The molecule has 0 aromatic heterocycles. The summed E-state index contributed by atoms with van der Waals surface area (Å²) >= 11 is 37.1. The van der Waals surface area contributed by atoms with Crippen LogP contribution in [0.15, 0.2) is 27.4 Å². The minimum Gasteiger partial charge on any atom is -0.505 e. The smallest absolute Gasteiger partial charge is 0.337 e. The van der Waals surface area contributed by atoms with Crippen molar-refractivity contribution in [3.63, 3.8) is 0 Å². The number of aromatic carboxylic acids is 2. The Kier molecular flexibility index (Phi) is 6.31. The number of rotatable bonds is 3. The third-order valence-corrected chi connectivity index (χ3v) is 6.89. The number of phenolic OH excluding ortho intramolecular Hbond substituents is 1. The summed E-state index contributed by atoms with van der Waals surface area (Å²) in [5.41, 5.74) is -2.51. The minimum absolute atomic E-state index is 0.0171. The Hall–Kier alpha value is -2.39. The number of hydrogen-bond donors (Lipinski definition) is 3. The number of carboxylic acids is 2. The van der Waals surface area contributed by atoms with E-state index in [1.807, 2.05) is 0 Å². The van der Waals surface area contributed by atoms with E-state index >= 15 is 0 Å². The van der Waals surface area contributed by atoms with Gasteiger partial charge in [-0.1, -0.05) is 69.6 Å². The molecule has 1 aliphatic carbocycles. The lowest BCUT2D eigenvalue weighted by molar-refractivity contribution is 0.0696. The Morgan fingerprint density at radius 1 is 0.765 bits per heavy atom. The molecule has 1 aliphatic heterocycles. The lowest BCUT2D eigenvalue weighted by atomic mass is 9.89. The predicted molar refractivity (Wildman–Crippen MR) is 130 cm³/mol. The first-order chi connectivity index (χ1) is 15.9. The third kappa shape index (κ3) is 3.64. The van der Waals surface area contributed by atoms with Crippen LogP contribution in [-0.2, 0) is 0 Å². The molecular formula is C21H6Cl6O7. The van der Waals surface area contributed by atoms with E-state index in [0.717, 1.165) is 6.07 Å². The van der Waals surface area contributed by atoms with Crippen molar-refractivity contribution in [2.45, 2.75) is 0 Å². The molecule has 7 nitrogen and oxygen atoms in total. The maximum absolute atomic E-state index is 12.4. The molecule has 2 aromatic carbocycles. The van der Waals surface area contributed by atoms with Gasteiger partial charge in [-0.15, -0.1) is 0 Å². The molecule has 2 aliphatic rings. The van der Waals surface area contributed by atoms with Gasteiger partial charge in [0, 0.05) is 22.1 Å². The summed E-state index contributed by atoms with van der Waals surface area (Å²) in [7, 11) is 0. The Morgan fingerprint density at radius 2 is 1.41 bits per heavy atom. The van der Waals surface area contributed by atoms with Crippen LogP contribution in [0.2, 0.25) is 30.1 Å². The van der Waals surface area contributed by atoms with Gasteiger partial charge in [-0.2, -0.15) is 0 Å². The van der Waals surface area contributed by atoms with E-state index in [1.54, 1.807) is 0 Å². The summed E-state index contributed by atoms with van der Waals surface area (Å²) in [6.07, 6.45) is 0. The molecule has 34 heavy (non-hydrogen) atoms. The normalized spacial score (nSPS) is 11.4. The van der Waals surface area contributed by atoms with Gasteiger partial charge in [0.1, 0.15) is 10.0 Å². The number of fused-ring (bicyclic) bond motifs is 2. The first-order valence-corrected chi connectivity index (χ1v) is 11.1. The first kappa shape index (κ1) is 24.7. The number of halogens is 6. The number of carboxylic acid groups (broad SMARTS) is 2. The highest BCUT2D eigenvalue weighted by atomic mass is 35.5. The summed E-state index contributed by atoms with van der Waals surface area (Å²) in [5, 5.41) is 27.3. The number of carbonyl (C=O) groups is 2. The number of aromatic hydroxyl groups is 1. The van der Waals surface area contributed by atoms with E-state index < -0.39 is 44.3 Å². The topological polar surface area (TPSA) is 125 Å². The van der Waals surface area contributed by atoms with Crippen LogP contribution in [0, 0.1) is 0 Å². The lowest BCUT2D eigenvalue weighted by Gasteiger charge is -2.21. The van der Waals surface area contributed by atoms with Gasteiger partial charge in [0.15, 0.2) is 17.1 Å². The van der Waals surface area contributed by atoms with Gasteiger partial charge in [-0.3, -0.25) is 4.79 Å². The Bertz CT molecular complexity index is 1610. The van der Waals surface area contributed by atoms with Crippen LogP contribution in [0.4, 0.5) is 0 Å². The summed E-state index contributed by atoms with van der Waals surface area (Å²) < 4.78 is 5.72. The SMILES string of the molecule is O=C(O)c1cc(Cl)c(-c2c3cc(Cl)c(=O)c(Cl)c-3oc3c(Cl)c(O)c(Cl)cc23)c(C(=O)O)c1Cl. The molecule has 0 saturated heterocycles. The van der Waals surface area contributed by atoms with Gasteiger partial charge < -0.3 is 19.7 Å². The maximum atomic E-state index is 12.4. The zero-order valence-electron chi connectivity index (χ0n) is 16.0. The van der Waals surface area contributed by atoms with Gasteiger partial charge >= 0.3 is 11.9 Å². The van der Waals surface area contributed by atoms with Gasteiger partial charge in [-0.25, -0.2) is 9.59 Å². The fourth-order valence-corrected chi connectivity index (χ4v) is 5.09. The van der Waals surface area contributed by atoms with Gasteiger partial charge in [0.25, 0.3) is 0 Å². The number of phenols is 1. The molecule has 0 fully saturated rings. The van der Waals surface area contributed by atoms with Crippen molar-refractivity contribution in [3.05, 3.63) is 69.7 Å². The highest BCUT2D eigenvalue weighted by Crippen LogP contribution is 2.51. The summed E-state index contributed by atoms with van der Waals surface area (Å²) in [6, 6.07) is 3.34. The van der Waals surface area contributed by atoms with Crippen molar-refractivity contribution >= 4 is 92.5 Å². The van der Waals surface area contributed by atoms with Crippen LogP contribution in [0.25, 0.3) is 33.4 Å². The summed E-state index contributed by atoms with van der Waals surface area (Å²) in [4.78, 5) is 36.2. The highest BCUT2D eigenvalue weighted by molar-refractivity contribution is 6.44. The van der Waals surface area contributed by atoms with Crippen LogP contribution < -0.4 is 5.43 Å². The maximum Gasteiger partial charge on any atom is 0.337 e. The molecule has 0 atom stereocenters. The molecule has 0 radical (unpaired) electrons. The fourth-order valence-electron chi connectivity index (χ4n) is 3.49. The van der Waals surface area contributed by atoms with Crippen molar-refractivity contribution in [2.75, 3.05) is 0 Å². The molecule has 3 N–H and O–H groups in total.